The van der Waals surface area contributed by atoms with Crippen LogP contribution in [-0.4, -0.2) is 33.6 Å². The standard InChI is InChI=1S/C16H14N2O6S2/c19-18(20)14-6-8-16(9-7-14)26(23,24)17(13-4-2-1-3-5-13)15-10-11-25(21,22)12-15/h1-11,15H,12H2. The van der Waals surface area contributed by atoms with Crippen LogP contribution in [0.15, 0.2) is 71.0 Å². The largest absolute Gasteiger partial charge is 0.269 e. The minimum atomic E-state index is -4.14. The van der Waals surface area contributed by atoms with Crippen LogP contribution in [0.4, 0.5) is 11.4 Å². The summed E-state index contributed by atoms with van der Waals surface area (Å²) >= 11 is 0. The van der Waals surface area contributed by atoms with Crippen molar-refractivity contribution < 1.29 is 21.8 Å². The van der Waals surface area contributed by atoms with Gasteiger partial charge in [-0.1, -0.05) is 18.2 Å². The van der Waals surface area contributed by atoms with E-state index >= 15 is 0 Å². The van der Waals surface area contributed by atoms with Crippen molar-refractivity contribution >= 4 is 31.2 Å². The Bertz CT molecular complexity index is 1060. The van der Waals surface area contributed by atoms with Crippen LogP contribution >= 0.6 is 0 Å². The molecule has 0 saturated carbocycles. The molecule has 1 aliphatic heterocycles. The minimum Gasteiger partial charge on any atom is -0.258 e. The Morgan fingerprint density at radius 2 is 1.65 bits per heavy atom. The van der Waals surface area contributed by atoms with E-state index in [0.29, 0.717) is 5.69 Å². The van der Waals surface area contributed by atoms with E-state index in [1.807, 2.05) is 0 Å². The summed E-state index contributed by atoms with van der Waals surface area (Å²) in [5.74, 6) is -0.367. The van der Waals surface area contributed by atoms with Crippen molar-refractivity contribution in [3.63, 3.8) is 0 Å². The van der Waals surface area contributed by atoms with Crippen LogP contribution in [0, 0.1) is 10.1 Å². The number of sulfonamides is 1. The SMILES string of the molecule is O=[N+]([O-])c1ccc(S(=O)(=O)N(c2ccccc2)C2C=CS(=O)(=O)C2)cc1. The fourth-order valence-electron chi connectivity index (χ4n) is 2.64. The average Bonchev–Trinajstić information content (AvgIpc) is 2.95. The quantitative estimate of drug-likeness (QED) is 0.567. The van der Waals surface area contributed by atoms with Gasteiger partial charge in [0.2, 0.25) is 0 Å². The molecule has 0 N–H and O–H groups in total. The molecule has 10 heteroatoms. The zero-order valence-corrected chi connectivity index (χ0v) is 14.9. The molecule has 3 rings (SSSR count). The fourth-order valence-corrected chi connectivity index (χ4v) is 5.61. The van der Waals surface area contributed by atoms with Gasteiger partial charge in [-0.25, -0.2) is 16.8 Å². The maximum atomic E-state index is 13.1. The zero-order chi connectivity index (χ0) is 18.9. The van der Waals surface area contributed by atoms with E-state index in [0.717, 1.165) is 34.0 Å². The van der Waals surface area contributed by atoms with E-state index in [-0.39, 0.29) is 16.3 Å². The molecule has 0 spiro atoms. The molecule has 136 valence electrons. The van der Waals surface area contributed by atoms with Crippen molar-refractivity contribution in [3.8, 4) is 0 Å². The first-order valence-corrected chi connectivity index (χ1v) is 10.6. The summed E-state index contributed by atoms with van der Waals surface area (Å²) < 4.78 is 50.9. The molecule has 0 aromatic heterocycles. The fraction of sp³-hybridized carbons (Fsp3) is 0.125. The second-order valence-electron chi connectivity index (χ2n) is 5.61. The van der Waals surface area contributed by atoms with Crippen LogP contribution in [0.2, 0.25) is 0 Å². The van der Waals surface area contributed by atoms with E-state index in [1.54, 1.807) is 30.3 Å². The van der Waals surface area contributed by atoms with E-state index < -0.39 is 30.8 Å². The van der Waals surface area contributed by atoms with Crippen molar-refractivity contribution in [1.29, 1.82) is 0 Å². The second kappa shape index (κ2) is 6.54. The summed E-state index contributed by atoms with van der Waals surface area (Å²) in [7, 11) is -7.62. The van der Waals surface area contributed by atoms with Gasteiger partial charge in [-0.15, -0.1) is 0 Å². The summed E-state index contributed by atoms with van der Waals surface area (Å²) in [5, 5.41) is 11.8. The minimum absolute atomic E-state index is 0.162. The van der Waals surface area contributed by atoms with Gasteiger partial charge in [0.05, 0.1) is 27.3 Å². The lowest BCUT2D eigenvalue weighted by molar-refractivity contribution is -0.384. The van der Waals surface area contributed by atoms with Gasteiger partial charge in [-0.2, -0.15) is 0 Å². The molecule has 8 nitrogen and oxygen atoms in total. The van der Waals surface area contributed by atoms with Crippen molar-refractivity contribution in [2.45, 2.75) is 10.9 Å². The first-order chi connectivity index (χ1) is 12.2. The molecule has 2 aromatic carbocycles. The predicted octanol–water partition coefficient (Wildman–Crippen LogP) is 2.10. The molecular weight excluding hydrogens is 380 g/mol. The summed E-state index contributed by atoms with van der Waals surface area (Å²) in [6.45, 7) is 0. The maximum absolute atomic E-state index is 13.1. The number of sulfone groups is 1. The number of anilines is 1. The van der Waals surface area contributed by atoms with Crippen LogP contribution in [0.25, 0.3) is 0 Å². The monoisotopic (exact) mass is 394 g/mol. The molecule has 0 amide bonds. The van der Waals surface area contributed by atoms with Crippen molar-refractivity contribution in [2.24, 2.45) is 0 Å². The van der Waals surface area contributed by atoms with E-state index in [1.165, 1.54) is 6.08 Å². The Morgan fingerprint density at radius 1 is 1.04 bits per heavy atom. The lowest BCUT2D eigenvalue weighted by Crippen LogP contribution is -2.41. The molecule has 1 unspecified atom stereocenters. The molecule has 0 aliphatic carbocycles. The number of benzene rings is 2. The highest BCUT2D eigenvalue weighted by Gasteiger charge is 2.36. The molecule has 1 aliphatic rings. The molecule has 1 atom stereocenters. The van der Waals surface area contributed by atoms with E-state index in [9.17, 15) is 26.9 Å². The summed E-state index contributed by atoms with van der Waals surface area (Å²) in [6, 6.07) is 11.7. The van der Waals surface area contributed by atoms with Gasteiger partial charge >= 0.3 is 0 Å². The van der Waals surface area contributed by atoms with E-state index in [4.69, 9.17) is 0 Å². The first-order valence-electron chi connectivity index (χ1n) is 7.46. The van der Waals surface area contributed by atoms with Gasteiger partial charge in [0.1, 0.15) is 0 Å². The molecule has 0 saturated heterocycles. The Morgan fingerprint density at radius 3 is 2.15 bits per heavy atom. The third kappa shape index (κ3) is 3.46. The van der Waals surface area contributed by atoms with Crippen LogP contribution in [0.5, 0.6) is 0 Å². The highest BCUT2D eigenvalue weighted by molar-refractivity contribution is 7.95. The number of nitro benzene ring substituents is 1. The van der Waals surface area contributed by atoms with Crippen LogP contribution in [-0.2, 0) is 19.9 Å². The third-order valence-corrected chi connectivity index (χ3v) is 7.07. The molecule has 0 radical (unpaired) electrons. The third-order valence-electron chi connectivity index (χ3n) is 3.83. The number of hydrogen-bond donors (Lipinski definition) is 0. The van der Waals surface area contributed by atoms with E-state index in [2.05, 4.69) is 0 Å². The second-order valence-corrected chi connectivity index (χ2v) is 9.36. The van der Waals surface area contributed by atoms with Crippen molar-refractivity contribution in [2.75, 3.05) is 10.1 Å². The predicted molar refractivity (Wildman–Crippen MR) is 95.9 cm³/mol. The normalized spacial score (nSPS) is 18.5. The molecular formula is C16H14N2O6S2. The van der Waals surface area contributed by atoms with Gasteiger partial charge in [-0.3, -0.25) is 14.4 Å². The highest BCUT2D eigenvalue weighted by Crippen LogP contribution is 2.30. The summed E-state index contributed by atoms with van der Waals surface area (Å²) in [6.07, 6.45) is 1.32. The molecule has 2 aromatic rings. The topological polar surface area (TPSA) is 115 Å². The lowest BCUT2D eigenvalue weighted by Gasteiger charge is -2.28. The molecule has 26 heavy (non-hydrogen) atoms. The Hall–Kier alpha value is -2.72. The maximum Gasteiger partial charge on any atom is 0.269 e. The Kier molecular flexibility index (Phi) is 4.55. The van der Waals surface area contributed by atoms with Crippen LogP contribution in [0.3, 0.4) is 0 Å². The Labute approximate surface area is 150 Å². The number of rotatable bonds is 5. The van der Waals surface area contributed by atoms with Crippen LogP contribution < -0.4 is 4.31 Å². The molecule has 1 heterocycles. The number of para-hydroxylation sites is 1. The van der Waals surface area contributed by atoms with Crippen LogP contribution in [0.1, 0.15) is 0 Å². The summed E-state index contributed by atoms with van der Waals surface area (Å²) in [5.41, 5.74) is 0.0659. The first kappa shape index (κ1) is 18.1. The van der Waals surface area contributed by atoms with Crippen molar-refractivity contribution in [3.05, 3.63) is 76.2 Å². The number of non-ortho nitro benzene ring substituents is 1. The average molecular weight is 394 g/mol. The van der Waals surface area contributed by atoms with Gasteiger partial charge in [0.15, 0.2) is 9.84 Å². The van der Waals surface area contributed by atoms with Gasteiger partial charge in [-0.05, 0) is 30.3 Å². The summed E-state index contributed by atoms with van der Waals surface area (Å²) in [4.78, 5) is 9.98. The molecule has 0 fully saturated rings. The molecule has 0 bridgehead atoms. The zero-order valence-electron chi connectivity index (χ0n) is 13.3. The smallest absolute Gasteiger partial charge is 0.258 e. The van der Waals surface area contributed by atoms with Crippen molar-refractivity contribution in [1.82, 2.24) is 0 Å². The van der Waals surface area contributed by atoms with Gasteiger partial charge in [0, 0.05) is 17.5 Å². The van der Waals surface area contributed by atoms with Gasteiger partial charge < -0.3 is 0 Å². The number of nitro groups is 1. The number of hydrogen-bond acceptors (Lipinski definition) is 6. The Balaban J connectivity index is 2.09. The number of nitrogens with zero attached hydrogens (tertiary/aromatic N) is 2. The highest BCUT2D eigenvalue weighted by atomic mass is 32.2. The lowest BCUT2D eigenvalue weighted by atomic mass is 10.2. The van der Waals surface area contributed by atoms with Gasteiger partial charge in [0.25, 0.3) is 15.7 Å².